The zero-order valence-corrected chi connectivity index (χ0v) is 14.6. The van der Waals surface area contributed by atoms with Gasteiger partial charge < -0.3 is 9.47 Å². The Hall–Kier alpha value is -2.67. The van der Waals surface area contributed by atoms with Crippen LogP contribution in [-0.2, 0) is 11.3 Å². The van der Waals surface area contributed by atoms with E-state index in [0.29, 0.717) is 46.9 Å². The van der Waals surface area contributed by atoms with Gasteiger partial charge in [-0.25, -0.2) is 18.8 Å². The highest BCUT2D eigenvalue weighted by molar-refractivity contribution is 6.30. The van der Waals surface area contributed by atoms with Gasteiger partial charge in [0.05, 0.1) is 22.8 Å². The zero-order chi connectivity index (χ0) is 18.3. The monoisotopic (exact) mass is 377 g/mol. The molecule has 8 heteroatoms. The fraction of sp³-hybridized carbons (Fsp3) is 0.222. The summed E-state index contributed by atoms with van der Waals surface area (Å²) < 4.78 is 40.5. The Morgan fingerprint density at radius 1 is 1.31 bits per heavy atom. The van der Waals surface area contributed by atoms with Crippen LogP contribution >= 0.6 is 11.6 Å². The molecule has 0 bridgehead atoms. The molecular formula is C18H14ClF2N3O2. The lowest BCUT2D eigenvalue weighted by Crippen LogP contribution is -2.07. The van der Waals surface area contributed by atoms with Crippen molar-refractivity contribution in [2.24, 2.45) is 4.99 Å². The summed E-state index contributed by atoms with van der Waals surface area (Å²) >= 11 is 6.20. The normalized spacial score (nSPS) is 13.8. The molecule has 0 N–H and O–H groups in total. The first-order valence-corrected chi connectivity index (χ1v) is 8.34. The Morgan fingerprint density at radius 3 is 2.77 bits per heavy atom. The maximum absolute atomic E-state index is 13.8. The van der Waals surface area contributed by atoms with Crippen LogP contribution in [0.4, 0.5) is 8.78 Å². The highest BCUT2D eigenvalue weighted by Crippen LogP contribution is 2.28. The van der Waals surface area contributed by atoms with E-state index < -0.39 is 11.6 Å². The van der Waals surface area contributed by atoms with Crippen molar-refractivity contribution in [1.82, 2.24) is 9.38 Å². The quantitative estimate of drug-likeness (QED) is 0.692. The molecule has 0 unspecified atom stereocenters. The first-order valence-electron chi connectivity index (χ1n) is 7.96. The Morgan fingerprint density at radius 2 is 2.08 bits per heavy atom. The molecule has 4 rings (SSSR count). The number of imidazole rings is 1. The molecular weight excluding hydrogens is 364 g/mol. The molecule has 0 atom stereocenters. The predicted molar refractivity (Wildman–Crippen MR) is 93.0 cm³/mol. The number of halogens is 3. The van der Waals surface area contributed by atoms with Crippen LogP contribution < -0.4 is 4.74 Å². The number of aryl methyl sites for hydroxylation is 1. The molecule has 3 aromatic rings. The molecule has 0 fully saturated rings. The summed E-state index contributed by atoms with van der Waals surface area (Å²) in [6.07, 6.45) is 1.67. The van der Waals surface area contributed by atoms with Gasteiger partial charge in [-0.3, -0.25) is 4.40 Å². The van der Waals surface area contributed by atoms with Crippen molar-refractivity contribution in [1.29, 1.82) is 0 Å². The number of nitrogens with zero attached hydrogens (tertiary/aromatic N) is 3. The first-order chi connectivity index (χ1) is 12.5. The first kappa shape index (κ1) is 16.8. The fourth-order valence-corrected chi connectivity index (χ4v) is 3.06. The van der Waals surface area contributed by atoms with E-state index in [4.69, 9.17) is 21.1 Å². The van der Waals surface area contributed by atoms with Gasteiger partial charge in [0.1, 0.15) is 30.5 Å². The van der Waals surface area contributed by atoms with Crippen molar-refractivity contribution in [2.75, 3.05) is 13.2 Å². The molecule has 1 aliphatic heterocycles. The number of aromatic nitrogens is 2. The summed E-state index contributed by atoms with van der Waals surface area (Å²) in [5, 5.41) is 0.388. The van der Waals surface area contributed by atoms with E-state index in [2.05, 4.69) is 9.98 Å². The highest BCUT2D eigenvalue weighted by atomic mass is 35.5. The molecule has 0 aliphatic carbocycles. The number of ether oxygens (including phenoxy) is 2. The average Bonchev–Trinajstić information content (AvgIpc) is 3.21. The van der Waals surface area contributed by atoms with Gasteiger partial charge in [0.2, 0.25) is 5.90 Å². The molecule has 0 radical (unpaired) electrons. The maximum Gasteiger partial charge on any atom is 0.235 e. The smallest absolute Gasteiger partial charge is 0.235 e. The number of benzene rings is 1. The number of hydrogen-bond donors (Lipinski definition) is 0. The summed E-state index contributed by atoms with van der Waals surface area (Å²) in [5.41, 5.74) is 1.69. The fourth-order valence-electron chi connectivity index (χ4n) is 2.86. The minimum absolute atomic E-state index is 0.155. The van der Waals surface area contributed by atoms with E-state index in [1.54, 1.807) is 16.7 Å². The van der Waals surface area contributed by atoms with Gasteiger partial charge in [0, 0.05) is 12.3 Å². The van der Waals surface area contributed by atoms with Crippen molar-refractivity contribution in [3.8, 4) is 5.75 Å². The molecule has 3 heterocycles. The molecule has 1 aliphatic rings. The second-order valence-electron chi connectivity index (χ2n) is 5.79. The van der Waals surface area contributed by atoms with Crippen LogP contribution in [0.25, 0.3) is 5.65 Å². The topological polar surface area (TPSA) is 48.1 Å². The molecule has 26 heavy (non-hydrogen) atoms. The largest absolute Gasteiger partial charge is 0.485 e. The van der Waals surface area contributed by atoms with E-state index in [9.17, 15) is 8.78 Å². The van der Waals surface area contributed by atoms with Gasteiger partial charge in [0.25, 0.3) is 0 Å². The van der Waals surface area contributed by atoms with Crippen LogP contribution in [0.5, 0.6) is 5.75 Å². The van der Waals surface area contributed by atoms with Crippen molar-refractivity contribution >= 4 is 23.1 Å². The number of pyridine rings is 1. The molecule has 0 spiro atoms. The minimum Gasteiger partial charge on any atom is -0.485 e. The van der Waals surface area contributed by atoms with Crippen LogP contribution in [0.3, 0.4) is 0 Å². The molecule has 5 nitrogen and oxygen atoms in total. The molecule has 1 aromatic carbocycles. The SMILES string of the molecule is Cc1nc2c(OCc3c(F)cccc3F)cc(Cl)cn2c1C1=NCCO1. The van der Waals surface area contributed by atoms with Crippen LogP contribution in [0.1, 0.15) is 17.0 Å². The Bertz CT molecular complexity index is 1010. The van der Waals surface area contributed by atoms with E-state index >= 15 is 0 Å². The van der Waals surface area contributed by atoms with E-state index in [1.807, 2.05) is 6.92 Å². The standard InChI is InChI=1S/C18H14ClF2N3O2/c1-10-16(18-22-5-6-25-18)24-8-11(19)7-15(17(24)23-10)26-9-12-13(20)3-2-4-14(12)21/h2-4,7-8H,5-6,9H2,1H3. The van der Waals surface area contributed by atoms with Crippen LogP contribution in [0, 0.1) is 18.6 Å². The van der Waals surface area contributed by atoms with E-state index in [-0.39, 0.29) is 12.2 Å². The highest BCUT2D eigenvalue weighted by Gasteiger charge is 2.22. The zero-order valence-electron chi connectivity index (χ0n) is 13.8. The lowest BCUT2D eigenvalue weighted by molar-refractivity contribution is 0.294. The van der Waals surface area contributed by atoms with Crippen molar-refractivity contribution < 1.29 is 18.3 Å². The number of fused-ring (bicyclic) bond motifs is 1. The van der Waals surface area contributed by atoms with Crippen molar-refractivity contribution in [3.05, 3.63) is 64.1 Å². The van der Waals surface area contributed by atoms with E-state index in [1.165, 1.54) is 18.2 Å². The second-order valence-corrected chi connectivity index (χ2v) is 6.22. The van der Waals surface area contributed by atoms with Crippen LogP contribution in [-0.4, -0.2) is 28.4 Å². The lowest BCUT2D eigenvalue weighted by Gasteiger charge is -2.10. The summed E-state index contributed by atoms with van der Waals surface area (Å²) in [7, 11) is 0. The molecule has 0 amide bonds. The molecule has 0 saturated heterocycles. The summed E-state index contributed by atoms with van der Waals surface area (Å²) in [4.78, 5) is 8.80. The van der Waals surface area contributed by atoms with Crippen LogP contribution in [0.15, 0.2) is 35.5 Å². The summed E-state index contributed by atoms with van der Waals surface area (Å²) in [6, 6.07) is 5.23. The van der Waals surface area contributed by atoms with Gasteiger partial charge in [-0.15, -0.1) is 0 Å². The third kappa shape index (κ3) is 2.88. The number of rotatable bonds is 4. The minimum atomic E-state index is -0.669. The maximum atomic E-state index is 13.8. The molecule has 0 saturated carbocycles. The van der Waals surface area contributed by atoms with Gasteiger partial charge in [-0.2, -0.15) is 0 Å². The summed E-state index contributed by atoms with van der Waals surface area (Å²) in [6.45, 7) is 2.63. The van der Waals surface area contributed by atoms with Crippen molar-refractivity contribution in [3.63, 3.8) is 0 Å². The number of aliphatic imine (C=N–C) groups is 1. The Kier molecular flexibility index (Phi) is 4.24. The van der Waals surface area contributed by atoms with Gasteiger partial charge >= 0.3 is 0 Å². The molecule has 2 aromatic heterocycles. The second kappa shape index (κ2) is 6.57. The lowest BCUT2D eigenvalue weighted by atomic mass is 10.2. The molecule has 134 valence electrons. The van der Waals surface area contributed by atoms with Gasteiger partial charge in [0.15, 0.2) is 11.4 Å². The van der Waals surface area contributed by atoms with E-state index in [0.717, 1.165) is 0 Å². The van der Waals surface area contributed by atoms with Gasteiger partial charge in [-0.1, -0.05) is 17.7 Å². The third-order valence-electron chi connectivity index (χ3n) is 4.05. The Labute approximate surface area is 152 Å². The number of hydrogen-bond acceptors (Lipinski definition) is 4. The van der Waals surface area contributed by atoms with Crippen molar-refractivity contribution in [2.45, 2.75) is 13.5 Å². The van der Waals surface area contributed by atoms with Gasteiger partial charge in [-0.05, 0) is 19.1 Å². The third-order valence-corrected chi connectivity index (χ3v) is 4.26. The predicted octanol–water partition coefficient (Wildman–Crippen LogP) is 3.93. The average molecular weight is 378 g/mol. The van der Waals surface area contributed by atoms with Crippen LogP contribution in [0.2, 0.25) is 5.02 Å². The Balaban J connectivity index is 1.75. The summed E-state index contributed by atoms with van der Waals surface area (Å²) in [5.74, 6) is -0.537.